The number of ether oxygens (including phenoxy) is 1. The van der Waals surface area contributed by atoms with E-state index in [-0.39, 0.29) is 0 Å². The number of alkyl halides is 1. The summed E-state index contributed by atoms with van der Waals surface area (Å²) in [6.45, 7) is 6.37. The highest BCUT2D eigenvalue weighted by Gasteiger charge is 2.07. The van der Waals surface area contributed by atoms with E-state index in [2.05, 4.69) is 37.0 Å². The second-order valence-electron chi connectivity index (χ2n) is 4.92. The smallest absolute Gasteiger partial charge is 0.219 e. The van der Waals surface area contributed by atoms with Gasteiger partial charge in [0.05, 0.1) is 0 Å². The van der Waals surface area contributed by atoms with Crippen molar-refractivity contribution in [3.8, 4) is 11.6 Å². The fourth-order valence-corrected chi connectivity index (χ4v) is 1.95. The van der Waals surface area contributed by atoms with Gasteiger partial charge in [0.1, 0.15) is 5.75 Å². The third kappa shape index (κ3) is 3.48. The molecule has 0 aliphatic heterocycles. The van der Waals surface area contributed by atoms with Crippen molar-refractivity contribution in [2.75, 3.05) is 0 Å². The minimum Gasteiger partial charge on any atom is -0.439 e. The van der Waals surface area contributed by atoms with Crippen LogP contribution in [-0.4, -0.2) is 4.98 Å². The molecule has 2 rings (SSSR count). The summed E-state index contributed by atoms with van der Waals surface area (Å²) in [5.41, 5.74) is 3.36. The fourth-order valence-electron chi connectivity index (χ4n) is 1.79. The highest BCUT2D eigenvalue weighted by atomic mass is 35.5. The second-order valence-corrected chi connectivity index (χ2v) is 5.18. The van der Waals surface area contributed by atoms with E-state index in [9.17, 15) is 0 Å². The number of halogens is 1. The van der Waals surface area contributed by atoms with Gasteiger partial charge < -0.3 is 4.74 Å². The van der Waals surface area contributed by atoms with E-state index in [0.717, 1.165) is 16.9 Å². The van der Waals surface area contributed by atoms with Crippen molar-refractivity contribution in [3.63, 3.8) is 0 Å². The molecular weight excluding hydrogens is 258 g/mol. The zero-order valence-corrected chi connectivity index (χ0v) is 12.2. The summed E-state index contributed by atoms with van der Waals surface area (Å²) >= 11 is 5.82. The topological polar surface area (TPSA) is 22.1 Å². The first-order valence-corrected chi connectivity index (χ1v) is 6.93. The van der Waals surface area contributed by atoms with E-state index in [0.29, 0.717) is 17.7 Å². The molecule has 0 unspecified atom stereocenters. The molecule has 3 heteroatoms. The van der Waals surface area contributed by atoms with Gasteiger partial charge in [-0.1, -0.05) is 26.0 Å². The lowest BCUT2D eigenvalue weighted by Crippen LogP contribution is -1.94. The molecule has 1 aromatic heterocycles. The number of rotatable bonds is 4. The quantitative estimate of drug-likeness (QED) is 0.729. The minimum absolute atomic E-state index is 0.462. The van der Waals surface area contributed by atoms with Crippen LogP contribution in [0.15, 0.2) is 36.5 Å². The lowest BCUT2D eigenvalue weighted by atomic mass is 10.0. The van der Waals surface area contributed by atoms with Crippen molar-refractivity contribution in [2.24, 2.45) is 0 Å². The lowest BCUT2D eigenvalue weighted by molar-refractivity contribution is 0.458. The van der Waals surface area contributed by atoms with Gasteiger partial charge in [0.25, 0.3) is 0 Å². The Bertz CT molecular complexity index is 566. The Morgan fingerprint density at radius 1 is 1.21 bits per heavy atom. The van der Waals surface area contributed by atoms with Crippen molar-refractivity contribution >= 4 is 11.6 Å². The number of pyridine rings is 1. The summed E-state index contributed by atoms with van der Waals surface area (Å²) in [6, 6.07) is 10.0. The maximum atomic E-state index is 5.87. The van der Waals surface area contributed by atoms with Gasteiger partial charge >= 0.3 is 0 Å². The van der Waals surface area contributed by atoms with Crippen LogP contribution in [0.1, 0.15) is 36.5 Å². The Hall–Kier alpha value is -1.54. The molecule has 2 nitrogen and oxygen atoms in total. The van der Waals surface area contributed by atoms with E-state index in [4.69, 9.17) is 16.3 Å². The number of nitrogens with zero attached hydrogens (tertiary/aromatic N) is 1. The normalized spacial score (nSPS) is 10.8. The standard InChI is InChI=1S/C16H18ClNO/c1-11(2)14-5-4-12(3)15(9-14)19-16-8-13(10-17)6-7-18-16/h4-9,11H,10H2,1-3H3. The third-order valence-corrected chi connectivity index (χ3v) is 3.36. The summed E-state index contributed by atoms with van der Waals surface area (Å²) in [7, 11) is 0. The summed E-state index contributed by atoms with van der Waals surface area (Å²) < 4.78 is 5.87. The third-order valence-electron chi connectivity index (χ3n) is 3.05. The molecule has 0 aliphatic rings. The van der Waals surface area contributed by atoms with Crippen molar-refractivity contribution in [2.45, 2.75) is 32.6 Å². The van der Waals surface area contributed by atoms with Gasteiger partial charge in [0.15, 0.2) is 0 Å². The van der Waals surface area contributed by atoms with Gasteiger partial charge in [0.2, 0.25) is 5.88 Å². The molecule has 0 spiro atoms. The average Bonchev–Trinajstić information content (AvgIpc) is 2.41. The van der Waals surface area contributed by atoms with Crippen LogP contribution in [-0.2, 0) is 5.88 Å². The molecule has 0 N–H and O–H groups in total. The second kappa shape index (κ2) is 6.07. The highest BCUT2D eigenvalue weighted by Crippen LogP contribution is 2.28. The molecule has 100 valence electrons. The van der Waals surface area contributed by atoms with Crippen LogP contribution in [0.3, 0.4) is 0 Å². The van der Waals surface area contributed by atoms with E-state index in [1.807, 2.05) is 19.1 Å². The molecule has 0 fully saturated rings. The zero-order valence-electron chi connectivity index (χ0n) is 11.5. The first-order chi connectivity index (χ1) is 9.10. The van der Waals surface area contributed by atoms with Crippen LogP contribution in [0.25, 0.3) is 0 Å². The average molecular weight is 276 g/mol. The van der Waals surface area contributed by atoms with Gasteiger partial charge in [-0.15, -0.1) is 11.6 Å². The Balaban J connectivity index is 2.29. The Labute approximate surface area is 119 Å². The maximum absolute atomic E-state index is 5.87. The predicted molar refractivity (Wildman–Crippen MR) is 79.1 cm³/mol. The molecule has 0 radical (unpaired) electrons. The molecule has 0 saturated heterocycles. The Morgan fingerprint density at radius 2 is 2.00 bits per heavy atom. The lowest BCUT2D eigenvalue weighted by Gasteiger charge is -2.12. The molecule has 0 amide bonds. The summed E-state index contributed by atoms with van der Waals surface area (Å²) in [6.07, 6.45) is 1.72. The number of hydrogen-bond acceptors (Lipinski definition) is 2. The molecule has 19 heavy (non-hydrogen) atoms. The van der Waals surface area contributed by atoms with E-state index in [1.165, 1.54) is 5.56 Å². The zero-order chi connectivity index (χ0) is 13.8. The van der Waals surface area contributed by atoms with Crippen molar-refractivity contribution in [1.82, 2.24) is 4.98 Å². The SMILES string of the molecule is Cc1ccc(C(C)C)cc1Oc1cc(CCl)ccn1. The first kappa shape index (κ1) is 13.9. The molecule has 1 aromatic carbocycles. The van der Waals surface area contributed by atoms with E-state index in [1.54, 1.807) is 6.20 Å². The van der Waals surface area contributed by atoms with Gasteiger partial charge in [-0.05, 0) is 41.7 Å². The molecular formula is C16H18ClNO. The van der Waals surface area contributed by atoms with Gasteiger partial charge in [-0.2, -0.15) is 0 Å². The fraction of sp³-hybridized carbons (Fsp3) is 0.312. The van der Waals surface area contributed by atoms with Crippen molar-refractivity contribution in [1.29, 1.82) is 0 Å². The molecule has 0 bridgehead atoms. The maximum Gasteiger partial charge on any atom is 0.219 e. The number of aryl methyl sites for hydroxylation is 1. The molecule has 1 heterocycles. The molecule has 0 saturated carbocycles. The van der Waals surface area contributed by atoms with E-state index < -0.39 is 0 Å². The molecule has 0 atom stereocenters. The van der Waals surface area contributed by atoms with Gasteiger partial charge in [-0.3, -0.25) is 0 Å². The highest BCUT2D eigenvalue weighted by molar-refractivity contribution is 6.17. The van der Waals surface area contributed by atoms with Crippen LogP contribution < -0.4 is 4.74 Å². The molecule has 0 aliphatic carbocycles. The molecule has 2 aromatic rings. The number of aromatic nitrogens is 1. The Kier molecular flexibility index (Phi) is 4.43. The summed E-state index contributed by atoms with van der Waals surface area (Å²) in [5.74, 6) is 2.38. The van der Waals surface area contributed by atoms with Crippen molar-refractivity contribution in [3.05, 3.63) is 53.2 Å². The van der Waals surface area contributed by atoms with Crippen LogP contribution in [0.5, 0.6) is 11.6 Å². The first-order valence-electron chi connectivity index (χ1n) is 6.39. The minimum atomic E-state index is 0.462. The van der Waals surface area contributed by atoms with Gasteiger partial charge in [-0.25, -0.2) is 4.98 Å². The number of benzene rings is 1. The Morgan fingerprint density at radius 3 is 2.68 bits per heavy atom. The van der Waals surface area contributed by atoms with Crippen molar-refractivity contribution < 1.29 is 4.74 Å². The predicted octanol–water partition coefficient (Wildman–Crippen LogP) is 5.04. The number of hydrogen-bond donors (Lipinski definition) is 0. The largest absolute Gasteiger partial charge is 0.439 e. The van der Waals surface area contributed by atoms with Crippen LogP contribution in [0.4, 0.5) is 0 Å². The van der Waals surface area contributed by atoms with Gasteiger partial charge in [0, 0.05) is 18.1 Å². The van der Waals surface area contributed by atoms with E-state index >= 15 is 0 Å². The summed E-state index contributed by atoms with van der Waals surface area (Å²) in [5, 5.41) is 0. The van der Waals surface area contributed by atoms with Crippen LogP contribution in [0.2, 0.25) is 0 Å². The van der Waals surface area contributed by atoms with Crippen LogP contribution in [0, 0.1) is 6.92 Å². The monoisotopic (exact) mass is 275 g/mol. The van der Waals surface area contributed by atoms with Crippen LogP contribution >= 0.6 is 11.6 Å². The summed E-state index contributed by atoms with van der Waals surface area (Å²) in [4.78, 5) is 4.22.